The van der Waals surface area contributed by atoms with Crippen molar-refractivity contribution >= 4 is 11.9 Å². The summed E-state index contributed by atoms with van der Waals surface area (Å²) in [6.07, 6.45) is 9.48. The zero-order valence-corrected chi connectivity index (χ0v) is 11.1. The molecule has 1 amide bonds. The van der Waals surface area contributed by atoms with Gasteiger partial charge in [-0.3, -0.25) is 9.59 Å². The van der Waals surface area contributed by atoms with Gasteiger partial charge in [0.05, 0.1) is 6.42 Å². The highest BCUT2D eigenvalue weighted by Gasteiger charge is 2.35. The van der Waals surface area contributed by atoms with Crippen LogP contribution in [0.4, 0.5) is 0 Å². The molecule has 19 heavy (non-hydrogen) atoms. The zero-order valence-electron chi connectivity index (χ0n) is 11.1. The van der Waals surface area contributed by atoms with Crippen LogP contribution in [-0.4, -0.2) is 29.9 Å². The molecular formula is C15H19NO3. The summed E-state index contributed by atoms with van der Waals surface area (Å²) in [6, 6.07) is 0. The number of hydrogen-bond donors (Lipinski definition) is 0. The summed E-state index contributed by atoms with van der Waals surface area (Å²) in [6.45, 7) is 1.12. The minimum atomic E-state index is -0.156. The number of carbonyl (C=O) groups excluding carboxylic acids is 2. The fourth-order valence-corrected chi connectivity index (χ4v) is 3.13. The quantitative estimate of drug-likeness (QED) is 0.578. The molecule has 0 aromatic rings. The van der Waals surface area contributed by atoms with Crippen molar-refractivity contribution in [2.24, 2.45) is 5.92 Å². The third-order valence-electron chi connectivity index (χ3n) is 4.19. The van der Waals surface area contributed by atoms with Crippen LogP contribution in [0.15, 0.2) is 23.4 Å². The third-order valence-corrected chi connectivity index (χ3v) is 4.19. The number of fused-ring (bicyclic) bond motifs is 1. The minimum Gasteiger partial charge on any atom is -0.461 e. The molecule has 1 atom stereocenters. The predicted molar refractivity (Wildman–Crippen MR) is 70.0 cm³/mol. The molecule has 4 heteroatoms. The molecule has 1 saturated heterocycles. The van der Waals surface area contributed by atoms with Crippen LogP contribution < -0.4 is 0 Å². The summed E-state index contributed by atoms with van der Waals surface area (Å²) < 4.78 is 5.01. The van der Waals surface area contributed by atoms with Gasteiger partial charge in [-0.25, -0.2) is 0 Å². The van der Waals surface area contributed by atoms with E-state index in [9.17, 15) is 9.59 Å². The molecule has 0 bridgehead atoms. The number of ether oxygens (including phenoxy) is 1. The number of nitrogens with zero attached hydrogens (tertiary/aromatic N) is 1. The SMILES string of the molecule is O=C1CC=C(CCN2C(=O)CC3CCCC=C32)CO1. The standard InChI is InChI=1S/C15H19NO3/c17-14-9-12-3-1-2-4-13(12)16(14)8-7-11-5-6-15(18)19-10-11/h4-5,12H,1-3,6-10H2. The maximum absolute atomic E-state index is 12.0. The van der Waals surface area contributed by atoms with Crippen molar-refractivity contribution in [3.05, 3.63) is 23.4 Å². The maximum Gasteiger partial charge on any atom is 0.309 e. The van der Waals surface area contributed by atoms with Crippen LogP contribution in [0.5, 0.6) is 0 Å². The lowest BCUT2D eigenvalue weighted by molar-refractivity contribution is -0.142. The highest BCUT2D eigenvalue weighted by molar-refractivity contribution is 5.82. The van der Waals surface area contributed by atoms with Crippen LogP contribution in [0.1, 0.15) is 38.5 Å². The number of hydrogen-bond acceptors (Lipinski definition) is 3. The van der Waals surface area contributed by atoms with E-state index in [0.29, 0.717) is 25.4 Å². The van der Waals surface area contributed by atoms with Crippen molar-refractivity contribution in [1.29, 1.82) is 0 Å². The Morgan fingerprint density at radius 1 is 1.32 bits per heavy atom. The molecule has 0 N–H and O–H groups in total. The zero-order chi connectivity index (χ0) is 13.2. The van der Waals surface area contributed by atoms with E-state index in [1.807, 2.05) is 11.0 Å². The van der Waals surface area contributed by atoms with Crippen molar-refractivity contribution in [2.75, 3.05) is 13.2 Å². The Morgan fingerprint density at radius 2 is 2.21 bits per heavy atom. The summed E-state index contributed by atoms with van der Waals surface area (Å²) in [4.78, 5) is 25.0. The minimum absolute atomic E-state index is 0.156. The van der Waals surface area contributed by atoms with E-state index in [0.717, 1.165) is 31.4 Å². The number of carbonyl (C=O) groups is 2. The molecule has 3 aliphatic rings. The average molecular weight is 261 g/mol. The molecule has 2 heterocycles. The van der Waals surface area contributed by atoms with E-state index >= 15 is 0 Å². The smallest absolute Gasteiger partial charge is 0.309 e. The molecule has 102 valence electrons. The fraction of sp³-hybridized carbons (Fsp3) is 0.600. The topological polar surface area (TPSA) is 46.6 Å². The summed E-state index contributed by atoms with van der Waals surface area (Å²) in [5, 5.41) is 0. The molecule has 0 saturated carbocycles. The van der Waals surface area contributed by atoms with Gasteiger partial charge in [0.2, 0.25) is 5.91 Å². The molecule has 3 rings (SSSR count). The summed E-state index contributed by atoms with van der Waals surface area (Å²) in [5.74, 6) is 0.557. The van der Waals surface area contributed by atoms with Gasteiger partial charge in [-0.1, -0.05) is 12.2 Å². The van der Waals surface area contributed by atoms with Gasteiger partial charge in [0.15, 0.2) is 0 Å². The highest BCUT2D eigenvalue weighted by Crippen LogP contribution is 2.36. The van der Waals surface area contributed by atoms with Crippen molar-refractivity contribution < 1.29 is 14.3 Å². The van der Waals surface area contributed by atoms with E-state index in [4.69, 9.17) is 4.74 Å². The van der Waals surface area contributed by atoms with E-state index in [2.05, 4.69) is 6.08 Å². The van der Waals surface area contributed by atoms with Crippen molar-refractivity contribution in [3.8, 4) is 0 Å². The second-order valence-electron chi connectivity index (χ2n) is 5.48. The van der Waals surface area contributed by atoms with Gasteiger partial charge in [-0.05, 0) is 31.3 Å². The van der Waals surface area contributed by atoms with Gasteiger partial charge in [-0.15, -0.1) is 0 Å². The lowest BCUT2D eigenvalue weighted by atomic mass is 9.92. The first-order valence-electron chi connectivity index (χ1n) is 7.08. The molecule has 0 aromatic heterocycles. The molecule has 0 radical (unpaired) electrons. The number of cyclic esters (lactones) is 1. The fourth-order valence-electron chi connectivity index (χ4n) is 3.13. The first kappa shape index (κ1) is 12.5. The van der Waals surface area contributed by atoms with Gasteiger partial charge in [-0.2, -0.15) is 0 Å². The van der Waals surface area contributed by atoms with E-state index < -0.39 is 0 Å². The number of amides is 1. The lowest BCUT2D eigenvalue weighted by Crippen LogP contribution is -2.26. The Hall–Kier alpha value is -1.58. The van der Waals surface area contributed by atoms with Gasteiger partial charge < -0.3 is 9.64 Å². The van der Waals surface area contributed by atoms with Crippen LogP contribution in [0.2, 0.25) is 0 Å². The Kier molecular flexibility index (Phi) is 3.40. The van der Waals surface area contributed by atoms with Gasteiger partial charge >= 0.3 is 5.97 Å². The Balaban J connectivity index is 1.62. The predicted octanol–water partition coefficient (Wildman–Crippen LogP) is 2.17. The van der Waals surface area contributed by atoms with Gasteiger partial charge in [0.25, 0.3) is 0 Å². The number of esters is 1. The molecule has 0 aromatic carbocycles. The lowest BCUT2D eigenvalue weighted by Gasteiger charge is -2.24. The number of likely N-dealkylation sites (tertiary alicyclic amines) is 1. The van der Waals surface area contributed by atoms with Crippen LogP contribution in [-0.2, 0) is 14.3 Å². The van der Waals surface area contributed by atoms with Crippen LogP contribution in [0.25, 0.3) is 0 Å². The first-order chi connectivity index (χ1) is 9.24. The molecule has 1 unspecified atom stereocenters. The van der Waals surface area contributed by atoms with E-state index in [1.165, 1.54) is 12.1 Å². The van der Waals surface area contributed by atoms with E-state index in [1.54, 1.807) is 0 Å². The first-order valence-corrected chi connectivity index (χ1v) is 7.08. The van der Waals surface area contributed by atoms with E-state index in [-0.39, 0.29) is 11.9 Å². The highest BCUT2D eigenvalue weighted by atomic mass is 16.5. The largest absolute Gasteiger partial charge is 0.461 e. The summed E-state index contributed by atoms with van der Waals surface area (Å²) in [5.41, 5.74) is 2.37. The average Bonchev–Trinajstić information content (AvgIpc) is 2.74. The Labute approximate surface area is 113 Å². The van der Waals surface area contributed by atoms with Crippen LogP contribution in [0.3, 0.4) is 0 Å². The maximum atomic E-state index is 12.0. The van der Waals surface area contributed by atoms with Crippen molar-refractivity contribution in [3.63, 3.8) is 0 Å². The van der Waals surface area contributed by atoms with Crippen molar-refractivity contribution in [2.45, 2.75) is 38.5 Å². The third kappa shape index (κ3) is 2.57. The number of allylic oxidation sites excluding steroid dienone is 2. The van der Waals surface area contributed by atoms with Crippen LogP contribution in [0, 0.1) is 5.92 Å². The molecule has 1 aliphatic carbocycles. The van der Waals surface area contributed by atoms with Gasteiger partial charge in [0, 0.05) is 24.6 Å². The molecule has 0 spiro atoms. The second-order valence-corrected chi connectivity index (χ2v) is 5.48. The normalized spacial score (nSPS) is 26.7. The number of rotatable bonds is 3. The van der Waals surface area contributed by atoms with Crippen LogP contribution >= 0.6 is 0 Å². The second kappa shape index (κ2) is 5.19. The Bertz CT molecular complexity index is 464. The molecule has 1 fully saturated rings. The summed E-state index contributed by atoms with van der Waals surface area (Å²) >= 11 is 0. The monoisotopic (exact) mass is 261 g/mol. The van der Waals surface area contributed by atoms with Crippen molar-refractivity contribution in [1.82, 2.24) is 4.90 Å². The molecule has 2 aliphatic heterocycles. The summed E-state index contributed by atoms with van der Waals surface area (Å²) in [7, 11) is 0. The molecular weight excluding hydrogens is 242 g/mol. The Morgan fingerprint density at radius 3 is 3.00 bits per heavy atom. The van der Waals surface area contributed by atoms with Gasteiger partial charge in [0.1, 0.15) is 6.61 Å². The molecule has 4 nitrogen and oxygen atoms in total.